The van der Waals surface area contributed by atoms with Crippen LogP contribution < -0.4 is 0 Å². The molecule has 0 aliphatic rings. The van der Waals surface area contributed by atoms with Crippen LogP contribution in [0.5, 0.6) is 0 Å². The summed E-state index contributed by atoms with van der Waals surface area (Å²) in [5.74, 6) is 0. The zero-order valence-corrected chi connectivity index (χ0v) is 13.5. The second-order valence-electron chi connectivity index (χ2n) is 4.56. The molecule has 2 nitrogen and oxygen atoms in total. The summed E-state index contributed by atoms with van der Waals surface area (Å²) in [4.78, 5) is 9.22. The highest BCUT2D eigenvalue weighted by molar-refractivity contribution is 6.42. The molecule has 0 amide bonds. The van der Waals surface area contributed by atoms with Crippen LogP contribution in [0.1, 0.15) is 20.3 Å². The van der Waals surface area contributed by atoms with Crippen molar-refractivity contribution in [1.29, 1.82) is 0 Å². The zero-order chi connectivity index (χ0) is 15.2. The predicted molar refractivity (Wildman–Crippen MR) is 93.1 cm³/mol. The lowest BCUT2D eigenvalue weighted by Crippen LogP contribution is -2.08. The Bertz CT molecular complexity index is 656. The molecule has 0 saturated heterocycles. The van der Waals surface area contributed by atoms with Crippen LogP contribution >= 0.6 is 23.2 Å². The summed E-state index contributed by atoms with van der Waals surface area (Å²) in [5.41, 5.74) is 3.60. The van der Waals surface area contributed by atoms with Crippen molar-refractivity contribution >= 4 is 46.0 Å². The highest BCUT2D eigenvalue weighted by Gasteiger charge is 2.03. The highest BCUT2D eigenvalue weighted by atomic mass is 35.5. The van der Waals surface area contributed by atoms with Gasteiger partial charge in [0.25, 0.3) is 0 Å². The van der Waals surface area contributed by atoms with Crippen molar-refractivity contribution in [3.63, 3.8) is 0 Å². The van der Waals surface area contributed by atoms with Gasteiger partial charge in [0.1, 0.15) is 0 Å². The van der Waals surface area contributed by atoms with E-state index in [1.165, 1.54) is 0 Å². The molecule has 0 fully saturated rings. The summed E-state index contributed by atoms with van der Waals surface area (Å²) in [6, 6.07) is 14.9. The van der Waals surface area contributed by atoms with E-state index < -0.39 is 0 Å². The van der Waals surface area contributed by atoms with Crippen molar-refractivity contribution in [2.24, 2.45) is 9.98 Å². The lowest BCUT2D eigenvalue weighted by molar-refractivity contribution is 1.28. The average Bonchev–Trinajstić information content (AvgIpc) is 2.49. The molecule has 0 N–H and O–H groups in total. The van der Waals surface area contributed by atoms with Crippen LogP contribution in [-0.4, -0.2) is 11.4 Å². The van der Waals surface area contributed by atoms with Gasteiger partial charge in [-0.2, -0.15) is 0 Å². The molecule has 108 valence electrons. The maximum atomic E-state index is 5.88. The summed E-state index contributed by atoms with van der Waals surface area (Å²) in [6.45, 7) is 4.03. The molecule has 2 aromatic rings. The second kappa shape index (κ2) is 7.39. The fraction of sp³-hybridized carbons (Fsp3) is 0.176. The third-order valence-corrected chi connectivity index (χ3v) is 3.47. The summed E-state index contributed by atoms with van der Waals surface area (Å²) in [7, 11) is 0. The van der Waals surface area contributed by atoms with Gasteiger partial charge < -0.3 is 0 Å². The molecule has 0 aliphatic carbocycles. The Morgan fingerprint density at radius 2 is 1.24 bits per heavy atom. The Kier molecular flexibility index (Phi) is 5.54. The fourth-order valence-electron chi connectivity index (χ4n) is 1.86. The first kappa shape index (κ1) is 15.7. The summed E-state index contributed by atoms with van der Waals surface area (Å²) >= 11 is 11.8. The van der Waals surface area contributed by atoms with Gasteiger partial charge in [0.2, 0.25) is 0 Å². The maximum Gasteiger partial charge on any atom is 0.0634 e. The Morgan fingerprint density at radius 1 is 0.810 bits per heavy atom. The largest absolute Gasteiger partial charge is 0.252 e. The predicted octanol–water partition coefficient (Wildman–Crippen LogP) is 6.27. The van der Waals surface area contributed by atoms with Crippen LogP contribution in [0.3, 0.4) is 0 Å². The van der Waals surface area contributed by atoms with E-state index in [2.05, 4.69) is 16.9 Å². The first-order valence-electron chi connectivity index (χ1n) is 6.73. The first-order chi connectivity index (χ1) is 10.1. The van der Waals surface area contributed by atoms with E-state index in [-0.39, 0.29) is 0 Å². The number of rotatable bonds is 4. The van der Waals surface area contributed by atoms with Crippen molar-refractivity contribution in [2.45, 2.75) is 20.3 Å². The van der Waals surface area contributed by atoms with E-state index in [0.717, 1.165) is 29.2 Å². The second-order valence-corrected chi connectivity index (χ2v) is 5.43. The molecule has 0 radical (unpaired) electrons. The molecule has 2 rings (SSSR count). The third-order valence-electron chi connectivity index (χ3n) is 2.97. The van der Waals surface area contributed by atoms with E-state index in [0.29, 0.717) is 10.0 Å². The van der Waals surface area contributed by atoms with E-state index in [1.54, 1.807) is 0 Å². The van der Waals surface area contributed by atoms with Gasteiger partial charge in [0, 0.05) is 10.0 Å². The Morgan fingerprint density at radius 3 is 1.67 bits per heavy atom. The highest BCUT2D eigenvalue weighted by Crippen LogP contribution is 2.19. The van der Waals surface area contributed by atoms with Crippen LogP contribution in [-0.2, 0) is 0 Å². The topological polar surface area (TPSA) is 24.7 Å². The van der Waals surface area contributed by atoms with E-state index in [4.69, 9.17) is 23.2 Å². The molecule has 0 heterocycles. The Labute approximate surface area is 135 Å². The van der Waals surface area contributed by atoms with Gasteiger partial charge in [-0.3, -0.25) is 9.98 Å². The van der Waals surface area contributed by atoms with Gasteiger partial charge in [-0.1, -0.05) is 30.1 Å². The zero-order valence-electron chi connectivity index (χ0n) is 12.0. The van der Waals surface area contributed by atoms with Crippen molar-refractivity contribution in [1.82, 2.24) is 0 Å². The molecule has 2 aromatic carbocycles. The molecule has 0 bridgehead atoms. The number of aliphatic imine (C=N–C) groups is 2. The number of halogens is 2. The lowest BCUT2D eigenvalue weighted by atomic mass is 10.2. The van der Waals surface area contributed by atoms with Crippen LogP contribution in [0.15, 0.2) is 58.5 Å². The molecule has 4 heteroatoms. The molecule has 0 saturated carbocycles. The van der Waals surface area contributed by atoms with Crippen LogP contribution in [0, 0.1) is 0 Å². The molecule has 0 aliphatic heterocycles. The number of benzene rings is 2. The smallest absolute Gasteiger partial charge is 0.0634 e. The molecule has 0 atom stereocenters. The molecule has 21 heavy (non-hydrogen) atoms. The average molecular weight is 319 g/mol. The van der Waals surface area contributed by atoms with E-state index in [1.807, 2.05) is 55.5 Å². The minimum atomic E-state index is 0.706. The van der Waals surface area contributed by atoms with E-state index >= 15 is 0 Å². The SMILES string of the molecule is CCC(=Nc1ccc(Cl)cc1)C(C)=Nc1ccc(Cl)cc1. The molecule has 0 spiro atoms. The Balaban J connectivity index is 2.27. The fourth-order valence-corrected chi connectivity index (χ4v) is 2.11. The molecular weight excluding hydrogens is 303 g/mol. The quantitative estimate of drug-likeness (QED) is 0.593. The van der Waals surface area contributed by atoms with Crippen molar-refractivity contribution in [3.05, 3.63) is 58.6 Å². The van der Waals surface area contributed by atoms with Gasteiger partial charge in [-0.05, 0) is 61.9 Å². The lowest BCUT2D eigenvalue weighted by Gasteiger charge is -2.04. The van der Waals surface area contributed by atoms with Crippen molar-refractivity contribution in [3.8, 4) is 0 Å². The van der Waals surface area contributed by atoms with Crippen molar-refractivity contribution in [2.75, 3.05) is 0 Å². The normalized spacial score (nSPS) is 12.6. The van der Waals surface area contributed by atoms with Gasteiger partial charge in [-0.25, -0.2) is 0 Å². The van der Waals surface area contributed by atoms with Crippen molar-refractivity contribution < 1.29 is 0 Å². The third kappa shape index (κ3) is 4.69. The molecular formula is C17H16Cl2N2. The van der Waals surface area contributed by atoms with Gasteiger partial charge in [0.15, 0.2) is 0 Å². The maximum absolute atomic E-state index is 5.88. The summed E-state index contributed by atoms with van der Waals surface area (Å²) in [5, 5.41) is 1.41. The van der Waals surface area contributed by atoms with Gasteiger partial charge >= 0.3 is 0 Å². The first-order valence-corrected chi connectivity index (χ1v) is 7.48. The number of hydrogen-bond acceptors (Lipinski definition) is 2. The Hall–Kier alpha value is -1.64. The van der Waals surface area contributed by atoms with E-state index in [9.17, 15) is 0 Å². The monoisotopic (exact) mass is 318 g/mol. The summed E-state index contributed by atoms with van der Waals surface area (Å²) in [6.07, 6.45) is 0.811. The minimum absolute atomic E-state index is 0.706. The number of hydrogen-bond donors (Lipinski definition) is 0. The van der Waals surface area contributed by atoms with Gasteiger partial charge in [-0.15, -0.1) is 0 Å². The van der Waals surface area contributed by atoms with Gasteiger partial charge in [0.05, 0.1) is 22.8 Å². The summed E-state index contributed by atoms with van der Waals surface area (Å²) < 4.78 is 0. The minimum Gasteiger partial charge on any atom is -0.252 e. The molecule has 0 aromatic heterocycles. The van der Waals surface area contributed by atoms with Crippen LogP contribution in [0.4, 0.5) is 11.4 Å². The standard InChI is InChI=1S/C17H16Cl2N2/c1-3-17(21-16-10-6-14(19)7-11-16)12(2)20-15-8-4-13(18)5-9-15/h4-11H,3H2,1-2H3. The van der Waals surface area contributed by atoms with Crippen LogP contribution in [0.25, 0.3) is 0 Å². The van der Waals surface area contributed by atoms with Crippen LogP contribution in [0.2, 0.25) is 10.0 Å². The number of nitrogens with zero attached hydrogens (tertiary/aromatic N) is 2. The molecule has 0 unspecified atom stereocenters.